The van der Waals surface area contributed by atoms with Gasteiger partial charge in [0.25, 0.3) is 5.91 Å². The van der Waals surface area contributed by atoms with Crippen molar-refractivity contribution in [1.82, 2.24) is 10.6 Å². The molecule has 0 saturated carbocycles. The number of methoxy groups -OCH3 is 1. The highest BCUT2D eigenvalue weighted by Gasteiger charge is 2.08. The zero-order valence-corrected chi connectivity index (χ0v) is 13.4. The van der Waals surface area contributed by atoms with Gasteiger partial charge in [0.1, 0.15) is 6.61 Å². The second-order valence-electron chi connectivity index (χ2n) is 4.13. The van der Waals surface area contributed by atoms with E-state index in [1.54, 1.807) is 25.3 Å². The molecule has 0 bridgehead atoms. The van der Waals surface area contributed by atoms with Crippen molar-refractivity contribution in [2.24, 2.45) is 0 Å². The van der Waals surface area contributed by atoms with E-state index < -0.39 is 0 Å². The van der Waals surface area contributed by atoms with Crippen LogP contribution < -0.4 is 10.6 Å². The van der Waals surface area contributed by atoms with Gasteiger partial charge in [-0.2, -0.15) is 0 Å². The lowest BCUT2D eigenvalue weighted by Gasteiger charge is -2.08. The lowest BCUT2D eigenvalue weighted by Crippen LogP contribution is -2.36. The molecule has 0 radical (unpaired) electrons. The number of rotatable bonds is 9. The van der Waals surface area contributed by atoms with Gasteiger partial charge in [-0.1, -0.05) is 12.1 Å². The van der Waals surface area contributed by atoms with Crippen LogP contribution in [0.25, 0.3) is 0 Å². The highest BCUT2D eigenvalue weighted by Crippen LogP contribution is 2.15. The summed E-state index contributed by atoms with van der Waals surface area (Å²) in [7, 11) is 1.57. The predicted molar refractivity (Wildman–Crippen MR) is 82.2 cm³/mol. The van der Waals surface area contributed by atoms with Gasteiger partial charge >= 0.3 is 0 Å². The Balaban J connectivity index is 2.15. The monoisotopic (exact) mass is 358 g/mol. The minimum absolute atomic E-state index is 0.0124. The fourth-order valence-electron chi connectivity index (χ4n) is 1.48. The van der Waals surface area contributed by atoms with Gasteiger partial charge in [-0.15, -0.1) is 0 Å². The van der Waals surface area contributed by atoms with E-state index in [1.165, 1.54) is 0 Å². The van der Waals surface area contributed by atoms with Crippen molar-refractivity contribution in [2.75, 3.05) is 40.0 Å². The average Bonchev–Trinajstić information content (AvgIpc) is 2.48. The molecule has 0 aromatic heterocycles. The molecule has 1 rings (SSSR count). The molecule has 0 spiro atoms. The molecule has 6 nitrogen and oxygen atoms in total. The fraction of sp³-hybridized carbons (Fsp3) is 0.429. The molecule has 0 unspecified atom stereocenters. The third-order valence-electron chi connectivity index (χ3n) is 2.52. The topological polar surface area (TPSA) is 76.7 Å². The van der Waals surface area contributed by atoms with E-state index in [4.69, 9.17) is 9.47 Å². The summed E-state index contributed by atoms with van der Waals surface area (Å²) >= 11 is 3.31. The van der Waals surface area contributed by atoms with Gasteiger partial charge in [0.15, 0.2) is 0 Å². The zero-order chi connectivity index (χ0) is 15.5. The van der Waals surface area contributed by atoms with Crippen LogP contribution in [0, 0.1) is 0 Å². The molecule has 21 heavy (non-hydrogen) atoms. The number of carbonyl (C=O) groups is 2. The summed E-state index contributed by atoms with van der Waals surface area (Å²) in [6.45, 7) is 1.52. The Hall–Kier alpha value is -1.44. The summed E-state index contributed by atoms with van der Waals surface area (Å²) in [6.07, 6.45) is 0. The Kier molecular flexibility index (Phi) is 8.65. The SMILES string of the molecule is COCCOCC(=O)NCCNC(=O)c1ccccc1Br. The van der Waals surface area contributed by atoms with Gasteiger partial charge in [-0.25, -0.2) is 0 Å². The van der Waals surface area contributed by atoms with Gasteiger partial charge < -0.3 is 20.1 Å². The molecule has 0 heterocycles. The van der Waals surface area contributed by atoms with Crippen LogP contribution in [0.1, 0.15) is 10.4 Å². The molecule has 0 saturated heterocycles. The molecule has 2 amide bonds. The molecule has 0 aliphatic heterocycles. The van der Waals surface area contributed by atoms with Crippen molar-refractivity contribution in [3.8, 4) is 0 Å². The highest BCUT2D eigenvalue weighted by molar-refractivity contribution is 9.10. The summed E-state index contributed by atoms with van der Waals surface area (Å²) in [5.74, 6) is -0.408. The molecular formula is C14H19BrN2O4. The quantitative estimate of drug-likeness (QED) is 0.644. The fourth-order valence-corrected chi connectivity index (χ4v) is 1.94. The molecule has 0 atom stereocenters. The van der Waals surface area contributed by atoms with Crippen molar-refractivity contribution in [1.29, 1.82) is 0 Å². The summed E-state index contributed by atoms with van der Waals surface area (Å²) in [5, 5.41) is 5.38. The molecule has 7 heteroatoms. The van der Waals surface area contributed by atoms with Crippen molar-refractivity contribution in [2.45, 2.75) is 0 Å². The van der Waals surface area contributed by atoms with Gasteiger partial charge in [0.05, 0.1) is 18.8 Å². The third-order valence-corrected chi connectivity index (χ3v) is 3.21. The lowest BCUT2D eigenvalue weighted by molar-refractivity contribution is -0.126. The summed E-state index contributed by atoms with van der Waals surface area (Å²) in [5.41, 5.74) is 0.562. The molecular weight excluding hydrogens is 340 g/mol. The van der Waals surface area contributed by atoms with Crippen LogP contribution in [-0.2, 0) is 14.3 Å². The van der Waals surface area contributed by atoms with E-state index in [0.717, 1.165) is 4.47 Å². The maximum absolute atomic E-state index is 11.9. The van der Waals surface area contributed by atoms with Crippen molar-refractivity contribution in [3.63, 3.8) is 0 Å². The number of amides is 2. The minimum Gasteiger partial charge on any atom is -0.382 e. The molecule has 1 aromatic rings. The number of ether oxygens (including phenoxy) is 2. The van der Waals surface area contributed by atoms with Gasteiger partial charge in [0, 0.05) is 24.7 Å². The van der Waals surface area contributed by atoms with Crippen molar-refractivity contribution < 1.29 is 19.1 Å². The van der Waals surface area contributed by atoms with Crippen LogP contribution in [0.5, 0.6) is 0 Å². The summed E-state index contributed by atoms with van der Waals surface area (Å²) in [4.78, 5) is 23.2. The zero-order valence-electron chi connectivity index (χ0n) is 11.9. The van der Waals surface area contributed by atoms with Crippen LogP contribution >= 0.6 is 15.9 Å². The molecule has 0 aliphatic carbocycles. The van der Waals surface area contributed by atoms with E-state index in [1.807, 2.05) is 6.07 Å². The molecule has 0 fully saturated rings. The van der Waals surface area contributed by atoms with Crippen LogP contribution in [0.3, 0.4) is 0 Å². The summed E-state index contributed by atoms with van der Waals surface area (Å²) in [6, 6.07) is 7.15. The Labute approximate surface area is 132 Å². The average molecular weight is 359 g/mol. The van der Waals surface area contributed by atoms with E-state index in [2.05, 4.69) is 26.6 Å². The largest absolute Gasteiger partial charge is 0.382 e. The Morgan fingerprint density at radius 1 is 1.14 bits per heavy atom. The normalized spacial score (nSPS) is 10.2. The molecule has 116 valence electrons. The van der Waals surface area contributed by atoms with E-state index in [-0.39, 0.29) is 18.4 Å². The second-order valence-corrected chi connectivity index (χ2v) is 4.99. The minimum atomic E-state index is -0.221. The molecule has 0 aliphatic rings. The Morgan fingerprint density at radius 3 is 2.57 bits per heavy atom. The molecule has 1 aromatic carbocycles. The van der Waals surface area contributed by atoms with E-state index >= 15 is 0 Å². The standard InChI is InChI=1S/C14H19BrN2O4/c1-20-8-9-21-10-13(18)16-6-7-17-14(19)11-4-2-3-5-12(11)15/h2-5H,6-10H2,1H3,(H,16,18)(H,17,19). The highest BCUT2D eigenvalue weighted by atomic mass is 79.9. The maximum Gasteiger partial charge on any atom is 0.252 e. The number of nitrogens with one attached hydrogen (secondary N) is 2. The van der Waals surface area contributed by atoms with Crippen molar-refractivity contribution in [3.05, 3.63) is 34.3 Å². The van der Waals surface area contributed by atoms with Crippen LogP contribution in [-0.4, -0.2) is 51.8 Å². The van der Waals surface area contributed by atoms with Crippen molar-refractivity contribution >= 4 is 27.7 Å². The Bertz CT molecular complexity index is 468. The number of carbonyl (C=O) groups excluding carboxylic acids is 2. The summed E-state index contributed by atoms with van der Waals surface area (Å²) < 4.78 is 10.6. The molecule has 2 N–H and O–H groups in total. The first-order chi connectivity index (χ1) is 10.1. The smallest absolute Gasteiger partial charge is 0.252 e. The van der Waals surface area contributed by atoms with Crippen LogP contribution in [0.4, 0.5) is 0 Å². The van der Waals surface area contributed by atoms with Crippen LogP contribution in [0.15, 0.2) is 28.7 Å². The van der Waals surface area contributed by atoms with Crippen LogP contribution in [0.2, 0.25) is 0 Å². The first kappa shape index (κ1) is 17.6. The second kappa shape index (κ2) is 10.3. The number of halogens is 1. The lowest BCUT2D eigenvalue weighted by atomic mass is 10.2. The number of hydrogen-bond acceptors (Lipinski definition) is 4. The first-order valence-corrected chi connectivity index (χ1v) is 7.30. The number of benzene rings is 1. The maximum atomic E-state index is 11.9. The number of hydrogen-bond donors (Lipinski definition) is 2. The predicted octanol–water partition coefficient (Wildman–Crippen LogP) is 0.958. The van der Waals surface area contributed by atoms with E-state index in [0.29, 0.717) is 31.9 Å². The Morgan fingerprint density at radius 2 is 1.86 bits per heavy atom. The van der Waals surface area contributed by atoms with Gasteiger partial charge in [0.2, 0.25) is 5.91 Å². The first-order valence-electron chi connectivity index (χ1n) is 6.51. The van der Waals surface area contributed by atoms with Gasteiger partial charge in [-0.3, -0.25) is 9.59 Å². The van der Waals surface area contributed by atoms with Gasteiger partial charge in [-0.05, 0) is 28.1 Å². The third kappa shape index (κ3) is 7.22. The van der Waals surface area contributed by atoms with E-state index in [9.17, 15) is 9.59 Å².